The summed E-state index contributed by atoms with van der Waals surface area (Å²) in [5.74, 6) is 1.36. The molecule has 0 spiro atoms. The van der Waals surface area contributed by atoms with Gasteiger partial charge in [-0.05, 0) is 24.5 Å². The third-order valence-electron chi connectivity index (χ3n) is 4.00. The molecule has 1 amide bonds. The van der Waals surface area contributed by atoms with E-state index in [9.17, 15) is 4.79 Å². The molecule has 6 heteroatoms. The molecule has 0 atom stereocenters. The second kappa shape index (κ2) is 6.71. The van der Waals surface area contributed by atoms with Crippen LogP contribution in [0.2, 0.25) is 5.02 Å². The van der Waals surface area contributed by atoms with E-state index in [-0.39, 0.29) is 11.8 Å². The number of hydrogen-bond acceptors (Lipinski definition) is 4. The number of nitrogens with zero attached hydrogens (tertiary/aromatic N) is 3. The highest BCUT2D eigenvalue weighted by molar-refractivity contribution is 6.34. The molecule has 0 fully saturated rings. The average Bonchev–Trinajstić information content (AvgIpc) is 3.01. The number of para-hydroxylation sites is 1. The summed E-state index contributed by atoms with van der Waals surface area (Å²) in [6.07, 6.45) is 2.71. The molecule has 0 aliphatic carbocycles. The summed E-state index contributed by atoms with van der Waals surface area (Å²) in [7, 11) is 0. The highest BCUT2D eigenvalue weighted by Gasteiger charge is 2.25. The van der Waals surface area contributed by atoms with Crippen molar-refractivity contribution >= 4 is 23.2 Å². The van der Waals surface area contributed by atoms with E-state index in [1.807, 2.05) is 32.0 Å². The van der Waals surface area contributed by atoms with Crippen molar-refractivity contribution in [3.05, 3.63) is 40.6 Å². The number of rotatable bonds is 4. The van der Waals surface area contributed by atoms with Gasteiger partial charge in [-0.3, -0.25) is 4.79 Å². The number of carbonyl (C=O) groups excluding carboxylic acids is 1. The summed E-state index contributed by atoms with van der Waals surface area (Å²) >= 11 is 6.30. The molecule has 3 rings (SSSR count). The van der Waals surface area contributed by atoms with Crippen LogP contribution in [-0.4, -0.2) is 22.6 Å². The maximum absolute atomic E-state index is 12.6. The summed E-state index contributed by atoms with van der Waals surface area (Å²) in [6.45, 7) is 4.70. The Labute approximate surface area is 140 Å². The standard InChI is InChI=1S/C17H20ClN3O2/c1-11(2)17-20-19-14(23-17)8-9-15(22)21-10-4-6-12-5-3-7-13(18)16(12)21/h3,5,7,11H,4,6,8-10H2,1-2H3. The Morgan fingerprint density at radius 1 is 1.39 bits per heavy atom. The molecule has 1 aromatic carbocycles. The van der Waals surface area contributed by atoms with E-state index >= 15 is 0 Å². The second-order valence-electron chi connectivity index (χ2n) is 6.09. The molecule has 5 nitrogen and oxygen atoms in total. The third kappa shape index (κ3) is 3.39. The first-order chi connectivity index (χ1) is 11.1. The molecule has 0 saturated heterocycles. The molecule has 0 radical (unpaired) electrons. The SMILES string of the molecule is CC(C)c1nnc(CCC(=O)N2CCCc3cccc(Cl)c32)o1. The molecule has 0 bridgehead atoms. The lowest BCUT2D eigenvalue weighted by atomic mass is 10.0. The molecule has 0 unspecified atom stereocenters. The predicted octanol–water partition coefficient (Wildman–Crippen LogP) is 3.76. The molecule has 1 aromatic heterocycles. The molecule has 1 aliphatic rings. The second-order valence-corrected chi connectivity index (χ2v) is 6.49. The van der Waals surface area contributed by atoms with E-state index in [0.29, 0.717) is 36.2 Å². The first kappa shape index (κ1) is 16.0. The molecule has 2 heterocycles. The van der Waals surface area contributed by atoms with Gasteiger partial charge in [0.15, 0.2) is 0 Å². The van der Waals surface area contributed by atoms with Crippen LogP contribution in [0.4, 0.5) is 5.69 Å². The van der Waals surface area contributed by atoms with E-state index in [1.165, 1.54) is 0 Å². The van der Waals surface area contributed by atoms with Crippen molar-refractivity contribution in [1.82, 2.24) is 10.2 Å². The van der Waals surface area contributed by atoms with E-state index in [2.05, 4.69) is 10.2 Å². The molecule has 1 aliphatic heterocycles. The van der Waals surface area contributed by atoms with E-state index in [0.717, 1.165) is 24.1 Å². The Hall–Kier alpha value is -1.88. The topological polar surface area (TPSA) is 59.2 Å². The van der Waals surface area contributed by atoms with Crippen molar-refractivity contribution in [2.75, 3.05) is 11.4 Å². The molecular weight excluding hydrogens is 314 g/mol. The minimum absolute atomic E-state index is 0.0448. The Balaban J connectivity index is 1.70. The summed E-state index contributed by atoms with van der Waals surface area (Å²) in [4.78, 5) is 14.4. The van der Waals surface area contributed by atoms with Gasteiger partial charge in [0.25, 0.3) is 0 Å². The van der Waals surface area contributed by atoms with Gasteiger partial charge in [0.2, 0.25) is 17.7 Å². The fourth-order valence-electron chi connectivity index (χ4n) is 2.80. The van der Waals surface area contributed by atoms with E-state index in [4.69, 9.17) is 16.0 Å². The first-order valence-electron chi connectivity index (χ1n) is 7.96. The largest absolute Gasteiger partial charge is 0.425 e. The van der Waals surface area contributed by atoms with Gasteiger partial charge in [-0.15, -0.1) is 10.2 Å². The van der Waals surface area contributed by atoms with Gasteiger partial charge < -0.3 is 9.32 Å². The lowest BCUT2D eigenvalue weighted by Gasteiger charge is -2.30. The van der Waals surface area contributed by atoms with Gasteiger partial charge in [-0.25, -0.2) is 0 Å². The van der Waals surface area contributed by atoms with Crippen molar-refractivity contribution in [2.45, 2.75) is 45.4 Å². The van der Waals surface area contributed by atoms with Crippen molar-refractivity contribution in [1.29, 1.82) is 0 Å². The number of halogens is 1. The van der Waals surface area contributed by atoms with Gasteiger partial charge in [0.05, 0.1) is 10.7 Å². The van der Waals surface area contributed by atoms with E-state index in [1.54, 1.807) is 4.90 Å². The lowest BCUT2D eigenvalue weighted by Crippen LogP contribution is -2.35. The Morgan fingerprint density at radius 3 is 2.96 bits per heavy atom. The molecule has 23 heavy (non-hydrogen) atoms. The molecule has 0 N–H and O–H groups in total. The molecular formula is C17H20ClN3O2. The van der Waals surface area contributed by atoms with Crippen LogP contribution in [0.1, 0.15) is 50.0 Å². The molecule has 0 saturated carbocycles. The zero-order valence-electron chi connectivity index (χ0n) is 13.4. The zero-order chi connectivity index (χ0) is 16.4. The Kier molecular flexibility index (Phi) is 4.66. The van der Waals surface area contributed by atoms with Crippen LogP contribution in [0.15, 0.2) is 22.6 Å². The van der Waals surface area contributed by atoms with E-state index < -0.39 is 0 Å². The number of anilines is 1. The quantitative estimate of drug-likeness (QED) is 0.854. The van der Waals surface area contributed by atoms with Crippen molar-refractivity contribution in [3.8, 4) is 0 Å². The minimum Gasteiger partial charge on any atom is -0.425 e. The monoisotopic (exact) mass is 333 g/mol. The number of fused-ring (bicyclic) bond motifs is 1. The van der Waals surface area contributed by atoms with Crippen LogP contribution < -0.4 is 4.90 Å². The van der Waals surface area contributed by atoms with Crippen molar-refractivity contribution in [2.24, 2.45) is 0 Å². The van der Waals surface area contributed by atoms with Crippen LogP contribution in [-0.2, 0) is 17.6 Å². The molecule has 2 aromatic rings. The highest BCUT2D eigenvalue weighted by atomic mass is 35.5. The highest BCUT2D eigenvalue weighted by Crippen LogP contribution is 2.34. The van der Waals surface area contributed by atoms with Crippen molar-refractivity contribution in [3.63, 3.8) is 0 Å². The fraction of sp³-hybridized carbons (Fsp3) is 0.471. The van der Waals surface area contributed by atoms with Gasteiger partial charge in [0.1, 0.15) is 0 Å². The summed E-state index contributed by atoms with van der Waals surface area (Å²) in [6, 6.07) is 5.80. The van der Waals surface area contributed by atoms with Crippen LogP contribution in [0.25, 0.3) is 0 Å². The minimum atomic E-state index is 0.0448. The number of aryl methyl sites for hydroxylation is 2. The average molecular weight is 334 g/mol. The van der Waals surface area contributed by atoms with Gasteiger partial charge >= 0.3 is 0 Å². The van der Waals surface area contributed by atoms with Crippen molar-refractivity contribution < 1.29 is 9.21 Å². The number of aromatic nitrogens is 2. The Bertz CT molecular complexity index is 712. The summed E-state index contributed by atoms with van der Waals surface area (Å²) in [5, 5.41) is 8.63. The molecule has 122 valence electrons. The summed E-state index contributed by atoms with van der Waals surface area (Å²) in [5.41, 5.74) is 2.00. The number of carbonyl (C=O) groups is 1. The van der Waals surface area contributed by atoms with Crippen LogP contribution >= 0.6 is 11.6 Å². The number of benzene rings is 1. The van der Waals surface area contributed by atoms with Gasteiger partial charge in [0, 0.05) is 25.3 Å². The van der Waals surface area contributed by atoms with Gasteiger partial charge in [-0.2, -0.15) is 0 Å². The summed E-state index contributed by atoms with van der Waals surface area (Å²) < 4.78 is 5.56. The number of hydrogen-bond donors (Lipinski definition) is 0. The normalized spacial score (nSPS) is 14.2. The predicted molar refractivity (Wildman–Crippen MR) is 88.8 cm³/mol. The Morgan fingerprint density at radius 2 is 2.22 bits per heavy atom. The zero-order valence-corrected chi connectivity index (χ0v) is 14.1. The lowest BCUT2D eigenvalue weighted by molar-refractivity contribution is -0.118. The van der Waals surface area contributed by atoms with Crippen LogP contribution in [0.3, 0.4) is 0 Å². The third-order valence-corrected chi connectivity index (χ3v) is 4.30. The van der Waals surface area contributed by atoms with Crippen LogP contribution in [0, 0.1) is 0 Å². The van der Waals surface area contributed by atoms with Gasteiger partial charge in [-0.1, -0.05) is 37.6 Å². The number of amides is 1. The fourth-order valence-corrected chi connectivity index (χ4v) is 3.10. The first-order valence-corrected chi connectivity index (χ1v) is 8.34. The smallest absolute Gasteiger partial charge is 0.227 e. The maximum atomic E-state index is 12.6. The van der Waals surface area contributed by atoms with Crippen LogP contribution in [0.5, 0.6) is 0 Å². The maximum Gasteiger partial charge on any atom is 0.227 e.